The van der Waals surface area contributed by atoms with Crippen LogP contribution in [0, 0.1) is 0 Å². The molecule has 8 heteroatoms. The van der Waals surface area contributed by atoms with Gasteiger partial charge in [0.2, 0.25) is 5.91 Å². The number of nitrogens with zero attached hydrogens (tertiary/aromatic N) is 1. The zero-order valence-electron chi connectivity index (χ0n) is 14.5. The van der Waals surface area contributed by atoms with E-state index in [0.29, 0.717) is 18.7 Å². The van der Waals surface area contributed by atoms with Gasteiger partial charge in [0.15, 0.2) is 6.10 Å². The average Bonchev–Trinajstić information content (AvgIpc) is 3.32. The molecule has 26 heavy (non-hydrogen) atoms. The van der Waals surface area contributed by atoms with Gasteiger partial charge in [0, 0.05) is 24.7 Å². The zero-order valence-corrected chi connectivity index (χ0v) is 14.5. The Morgan fingerprint density at radius 2 is 2.04 bits per heavy atom. The van der Waals surface area contributed by atoms with E-state index in [0.717, 1.165) is 19.3 Å². The van der Waals surface area contributed by atoms with Crippen molar-refractivity contribution in [2.45, 2.75) is 44.8 Å². The van der Waals surface area contributed by atoms with E-state index in [1.54, 1.807) is 29.2 Å². The normalized spacial score (nSPS) is 17.6. The first-order valence-corrected chi connectivity index (χ1v) is 8.67. The Bertz CT molecular complexity index is 744. The summed E-state index contributed by atoms with van der Waals surface area (Å²) in [6, 6.07) is 6.06. The second-order valence-corrected chi connectivity index (χ2v) is 6.48. The van der Waals surface area contributed by atoms with Gasteiger partial charge in [0.05, 0.1) is 5.56 Å². The maximum Gasteiger partial charge on any atom is 0.338 e. The molecule has 2 fully saturated rings. The Morgan fingerprint density at radius 3 is 2.69 bits per heavy atom. The quantitative estimate of drug-likeness (QED) is 0.772. The second-order valence-electron chi connectivity index (χ2n) is 6.48. The summed E-state index contributed by atoms with van der Waals surface area (Å²) in [7, 11) is 0. The zero-order chi connectivity index (χ0) is 18.7. The van der Waals surface area contributed by atoms with Gasteiger partial charge < -0.3 is 15.0 Å². The maximum absolute atomic E-state index is 12.3. The highest BCUT2D eigenvalue weighted by molar-refractivity contribution is 6.00. The molecule has 1 saturated heterocycles. The number of nitrogens with one attached hydrogen (secondary N) is 2. The number of carbonyl (C=O) groups is 4. The lowest BCUT2D eigenvalue weighted by Crippen LogP contribution is -2.45. The van der Waals surface area contributed by atoms with Gasteiger partial charge in [-0.05, 0) is 44.4 Å². The average molecular weight is 359 g/mol. The molecule has 1 aromatic carbocycles. The first-order valence-electron chi connectivity index (χ1n) is 8.67. The molecule has 1 atom stereocenters. The first-order chi connectivity index (χ1) is 12.4. The molecule has 8 nitrogen and oxygen atoms in total. The summed E-state index contributed by atoms with van der Waals surface area (Å²) in [5.74, 6) is -1.36. The van der Waals surface area contributed by atoms with Crippen LogP contribution in [0.15, 0.2) is 24.3 Å². The molecule has 1 saturated carbocycles. The van der Waals surface area contributed by atoms with Crippen LogP contribution in [0.1, 0.15) is 43.0 Å². The number of carbonyl (C=O) groups excluding carboxylic acids is 4. The molecule has 0 aromatic heterocycles. The van der Waals surface area contributed by atoms with E-state index in [9.17, 15) is 19.2 Å². The summed E-state index contributed by atoms with van der Waals surface area (Å²) in [4.78, 5) is 49.2. The molecule has 3 rings (SSSR count). The Hall–Kier alpha value is -2.90. The molecular weight excluding hydrogens is 338 g/mol. The highest BCUT2D eigenvalue weighted by Gasteiger charge is 2.27. The molecule has 1 aliphatic heterocycles. The lowest BCUT2D eigenvalue weighted by atomic mass is 10.2. The molecule has 0 radical (unpaired) electrons. The van der Waals surface area contributed by atoms with Crippen LogP contribution in [-0.4, -0.2) is 42.5 Å². The van der Waals surface area contributed by atoms with Gasteiger partial charge in [0.1, 0.15) is 0 Å². The van der Waals surface area contributed by atoms with Crippen molar-refractivity contribution in [1.82, 2.24) is 10.6 Å². The first kappa shape index (κ1) is 17.9. The van der Waals surface area contributed by atoms with Crippen LogP contribution in [0.3, 0.4) is 0 Å². The summed E-state index contributed by atoms with van der Waals surface area (Å²) in [5, 5.41) is 4.77. The van der Waals surface area contributed by atoms with Crippen LogP contribution in [0.4, 0.5) is 10.5 Å². The lowest BCUT2D eigenvalue weighted by Gasteiger charge is -2.17. The van der Waals surface area contributed by atoms with Crippen molar-refractivity contribution >= 4 is 29.5 Å². The van der Waals surface area contributed by atoms with Crippen LogP contribution in [0.2, 0.25) is 0 Å². The van der Waals surface area contributed by atoms with E-state index < -0.39 is 24.0 Å². The third-order valence-electron chi connectivity index (χ3n) is 4.27. The van der Waals surface area contributed by atoms with E-state index in [1.807, 2.05) is 0 Å². The van der Waals surface area contributed by atoms with Crippen LogP contribution >= 0.6 is 0 Å². The van der Waals surface area contributed by atoms with Gasteiger partial charge in [-0.25, -0.2) is 9.59 Å². The van der Waals surface area contributed by atoms with Gasteiger partial charge >= 0.3 is 12.0 Å². The molecule has 1 heterocycles. The molecule has 0 bridgehead atoms. The van der Waals surface area contributed by atoms with Gasteiger partial charge in [-0.2, -0.15) is 0 Å². The Morgan fingerprint density at radius 1 is 1.27 bits per heavy atom. The van der Waals surface area contributed by atoms with Crippen LogP contribution in [0.25, 0.3) is 0 Å². The fourth-order valence-electron chi connectivity index (χ4n) is 2.67. The molecule has 138 valence electrons. The highest BCUT2D eigenvalue weighted by atomic mass is 16.5. The minimum atomic E-state index is -1.12. The Labute approximate surface area is 150 Å². The van der Waals surface area contributed by atoms with E-state index in [4.69, 9.17) is 4.74 Å². The van der Waals surface area contributed by atoms with Crippen molar-refractivity contribution in [3.63, 3.8) is 0 Å². The van der Waals surface area contributed by atoms with E-state index in [1.165, 1.54) is 6.92 Å². The molecule has 2 aliphatic rings. The Balaban J connectivity index is 1.57. The molecule has 1 unspecified atom stereocenters. The van der Waals surface area contributed by atoms with Crippen LogP contribution in [-0.2, 0) is 14.3 Å². The standard InChI is InChI=1S/C18H21N3O5/c1-11(16(23)20-18(25)19-13-7-8-13)26-17(24)12-4-2-5-14(10-12)21-9-3-6-15(21)22/h2,4-5,10-11,13H,3,6-9H2,1H3,(H2,19,20,23,25). The number of hydrogen-bond acceptors (Lipinski definition) is 5. The predicted octanol–water partition coefficient (Wildman–Crippen LogP) is 1.35. The number of benzene rings is 1. The minimum absolute atomic E-state index is 0.0185. The van der Waals surface area contributed by atoms with Crippen LogP contribution < -0.4 is 15.5 Å². The number of amides is 4. The largest absolute Gasteiger partial charge is 0.449 e. The topological polar surface area (TPSA) is 105 Å². The van der Waals surface area contributed by atoms with E-state index in [-0.39, 0.29) is 17.5 Å². The smallest absolute Gasteiger partial charge is 0.338 e. The van der Waals surface area contributed by atoms with Crippen molar-refractivity contribution in [1.29, 1.82) is 0 Å². The summed E-state index contributed by atoms with van der Waals surface area (Å²) in [5.41, 5.74) is 0.868. The van der Waals surface area contributed by atoms with Crippen LogP contribution in [0.5, 0.6) is 0 Å². The van der Waals surface area contributed by atoms with E-state index >= 15 is 0 Å². The summed E-state index contributed by atoms with van der Waals surface area (Å²) < 4.78 is 5.13. The van der Waals surface area contributed by atoms with Gasteiger partial charge in [-0.3, -0.25) is 14.9 Å². The number of urea groups is 1. The maximum atomic E-state index is 12.3. The molecule has 4 amide bonds. The fraction of sp³-hybridized carbons (Fsp3) is 0.444. The number of ether oxygens (including phenoxy) is 1. The van der Waals surface area contributed by atoms with Gasteiger partial charge in [-0.15, -0.1) is 0 Å². The molecular formula is C18H21N3O5. The van der Waals surface area contributed by atoms with Crippen molar-refractivity contribution in [3.05, 3.63) is 29.8 Å². The van der Waals surface area contributed by atoms with Crippen molar-refractivity contribution in [2.24, 2.45) is 0 Å². The highest BCUT2D eigenvalue weighted by Crippen LogP contribution is 2.22. The Kier molecular flexibility index (Phi) is 5.20. The molecule has 1 aliphatic carbocycles. The molecule has 0 spiro atoms. The number of imide groups is 1. The monoisotopic (exact) mass is 359 g/mol. The van der Waals surface area contributed by atoms with Crippen molar-refractivity contribution in [2.75, 3.05) is 11.4 Å². The SMILES string of the molecule is CC(OC(=O)c1cccc(N2CCCC2=O)c1)C(=O)NC(=O)NC1CC1. The molecule has 1 aromatic rings. The van der Waals surface area contributed by atoms with E-state index in [2.05, 4.69) is 10.6 Å². The number of rotatable bonds is 5. The van der Waals surface area contributed by atoms with Gasteiger partial charge in [-0.1, -0.05) is 6.07 Å². The summed E-state index contributed by atoms with van der Waals surface area (Å²) >= 11 is 0. The number of anilines is 1. The third kappa shape index (κ3) is 4.38. The van der Waals surface area contributed by atoms with Crippen molar-refractivity contribution < 1.29 is 23.9 Å². The number of esters is 1. The lowest BCUT2D eigenvalue weighted by molar-refractivity contribution is -0.127. The molecule has 2 N–H and O–H groups in total. The third-order valence-corrected chi connectivity index (χ3v) is 4.27. The fourth-order valence-corrected chi connectivity index (χ4v) is 2.67. The predicted molar refractivity (Wildman–Crippen MR) is 92.6 cm³/mol. The second kappa shape index (κ2) is 7.55. The van der Waals surface area contributed by atoms with Crippen molar-refractivity contribution in [3.8, 4) is 0 Å². The summed E-state index contributed by atoms with van der Waals surface area (Å²) in [6.45, 7) is 2.01. The summed E-state index contributed by atoms with van der Waals surface area (Å²) in [6.07, 6.45) is 1.97. The minimum Gasteiger partial charge on any atom is -0.449 e. The number of hydrogen-bond donors (Lipinski definition) is 2. The van der Waals surface area contributed by atoms with Gasteiger partial charge in [0.25, 0.3) is 5.91 Å².